The van der Waals surface area contributed by atoms with Crippen LogP contribution in [0.5, 0.6) is 0 Å². The summed E-state index contributed by atoms with van der Waals surface area (Å²) in [6, 6.07) is 8.41. The summed E-state index contributed by atoms with van der Waals surface area (Å²) in [6.07, 6.45) is 4.92. The highest BCUT2D eigenvalue weighted by molar-refractivity contribution is 7.23. The molecule has 124 valence electrons. The van der Waals surface area contributed by atoms with Gasteiger partial charge in [0.05, 0.1) is 4.92 Å². The van der Waals surface area contributed by atoms with Gasteiger partial charge < -0.3 is 10.2 Å². The second-order valence-electron chi connectivity index (χ2n) is 6.20. The van der Waals surface area contributed by atoms with E-state index in [0.29, 0.717) is 11.7 Å². The van der Waals surface area contributed by atoms with Crippen LogP contribution in [0.25, 0.3) is 10.1 Å². The fraction of sp³-hybridized carbons (Fsp3) is 0.529. The predicted molar refractivity (Wildman–Crippen MR) is 96.5 cm³/mol. The average Bonchev–Trinajstić information content (AvgIpc) is 2.92. The number of rotatable bonds is 6. The quantitative estimate of drug-likeness (QED) is 0.481. The first-order valence-corrected chi connectivity index (χ1v) is 9.12. The van der Waals surface area contributed by atoms with Crippen molar-refractivity contribution in [2.75, 3.05) is 25.0 Å². The second-order valence-corrected chi connectivity index (χ2v) is 7.23. The largest absolute Gasteiger partial charge is 0.378 e. The van der Waals surface area contributed by atoms with E-state index >= 15 is 0 Å². The highest BCUT2D eigenvalue weighted by Crippen LogP contribution is 2.41. The van der Waals surface area contributed by atoms with E-state index in [9.17, 15) is 10.1 Å². The maximum atomic E-state index is 11.3. The molecule has 1 N–H and O–H groups in total. The minimum Gasteiger partial charge on any atom is -0.378 e. The van der Waals surface area contributed by atoms with E-state index < -0.39 is 0 Å². The summed E-state index contributed by atoms with van der Waals surface area (Å²) in [5, 5.41) is 15.8. The van der Waals surface area contributed by atoms with Crippen molar-refractivity contribution in [2.45, 2.75) is 38.6 Å². The number of anilines is 1. The zero-order valence-electron chi connectivity index (χ0n) is 13.5. The Hall–Kier alpha value is -1.66. The number of nitrogens with zero attached hydrogens (tertiary/aromatic N) is 2. The van der Waals surface area contributed by atoms with Crippen LogP contribution < -0.4 is 5.32 Å². The van der Waals surface area contributed by atoms with Crippen molar-refractivity contribution in [3.63, 3.8) is 0 Å². The molecule has 1 aromatic heterocycles. The molecule has 0 bridgehead atoms. The zero-order chi connectivity index (χ0) is 16.2. The topological polar surface area (TPSA) is 58.4 Å². The van der Waals surface area contributed by atoms with Crippen LogP contribution in [-0.4, -0.2) is 35.5 Å². The van der Waals surface area contributed by atoms with Crippen LogP contribution in [0.3, 0.4) is 0 Å². The Morgan fingerprint density at radius 2 is 2.22 bits per heavy atom. The lowest BCUT2D eigenvalue weighted by molar-refractivity contribution is -0.379. The molecule has 6 heteroatoms. The number of hydrogen-bond donors (Lipinski definition) is 1. The van der Waals surface area contributed by atoms with Crippen molar-refractivity contribution in [1.82, 2.24) is 4.90 Å². The molecular formula is C17H23N3O2S. The highest BCUT2D eigenvalue weighted by Gasteiger charge is 2.21. The Bertz CT molecular complexity index is 686. The van der Waals surface area contributed by atoms with Crippen molar-refractivity contribution in [1.29, 1.82) is 0 Å². The number of nitrogens with one attached hydrogen (secondary N) is 1. The first-order valence-electron chi connectivity index (χ1n) is 8.30. The molecule has 0 amide bonds. The molecule has 1 unspecified atom stereocenters. The summed E-state index contributed by atoms with van der Waals surface area (Å²) in [7, 11) is 0. The maximum Gasteiger partial charge on any atom is 0.348 e. The van der Waals surface area contributed by atoms with E-state index in [1.807, 2.05) is 24.3 Å². The smallest absolute Gasteiger partial charge is 0.348 e. The average molecular weight is 333 g/mol. The van der Waals surface area contributed by atoms with E-state index in [4.69, 9.17) is 0 Å². The zero-order valence-corrected chi connectivity index (χ0v) is 14.3. The molecule has 0 aliphatic carbocycles. The van der Waals surface area contributed by atoms with Gasteiger partial charge in [-0.1, -0.05) is 36.0 Å². The number of thiophene rings is 1. The van der Waals surface area contributed by atoms with Crippen LogP contribution in [0, 0.1) is 10.1 Å². The lowest BCUT2D eigenvalue weighted by atomic mass is 10.0. The Morgan fingerprint density at radius 3 is 3.00 bits per heavy atom. The summed E-state index contributed by atoms with van der Waals surface area (Å²) < 4.78 is 0.964. The Kier molecular flexibility index (Phi) is 5.13. The minimum atomic E-state index is -0.278. The van der Waals surface area contributed by atoms with Gasteiger partial charge in [-0.2, -0.15) is 0 Å². The van der Waals surface area contributed by atoms with Crippen molar-refractivity contribution >= 4 is 32.1 Å². The van der Waals surface area contributed by atoms with Gasteiger partial charge in [0.25, 0.3) is 0 Å². The molecule has 2 aromatic rings. The Labute approximate surface area is 140 Å². The molecule has 1 aliphatic heterocycles. The molecule has 2 heterocycles. The molecule has 1 atom stereocenters. The monoisotopic (exact) mass is 333 g/mol. The molecule has 23 heavy (non-hydrogen) atoms. The molecule has 1 fully saturated rings. The molecule has 1 aromatic carbocycles. The van der Waals surface area contributed by atoms with E-state index in [-0.39, 0.29) is 9.92 Å². The van der Waals surface area contributed by atoms with E-state index in [2.05, 4.69) is 17.1 Å². The third-order valence-corrected chi connectivity index (χ3v) is 5.73. The first kappa shape index (κ1) is 16.2. The standard InChI is InChI=1S/C17H23N3O2S/c1-13-7-4-5-11-19(13)12-6-10-18-16-14-8-2-3-9-15(14)23-17(16)20(21)22/h2-3,8-9,13,18H,4-7,10-12H2,1H3. The van der Waals surface area contributed by atoms with E-state index in [1.54, 1.807) is 0 Å². The van der Waals surface area contributed by atoms with Crippen LogP contribution in [0.15, 0.2) is 24.3 Å². The van der Waals surface area contributed by atoms with Crippen molar-refractivity contribution < 1.29 is 4.92 Å². The maximum absolute atomic E-state index is 11.3. The first-order chi connectivity index (χ1) is 11.2. The lowest BCUT2D eigenvalue weighted by Gasteiger charge is -2.33. The lowest BCUT2D eigenvalue weighted by Crippen LogP contribution is -2.38. The van der Waals surface area contributed by atoms with Crippen LogP contribution in [0.2, 0.25) is 0 Å². The van der Waals surface area contributed by atoms with Crippen LogP contribution in [0.4, 0.5) is 10.7 Å². The van der Waals surface area contributed by atoms with Gasteiger partial charge in [0, 0.05) is 29.2 Å². The van der Waals surface area contributed by atoms with Crippen molar-refractivity contribution in [2.24, 2.45) is 0 Å². The van der Waals surface area contributed by atoms with Crippen molar-refractivity contribution in [3.8, 4) is 0 Å². The molecule has 1 aliphatic rings. The fourth-order valence-corrected chi connectivity index (χ4v) is 4.31. The third kappa shape index (κ3) is 3.64. The van der Waals surface area contributed by atoms with Gasteiger partial charge in [-0.3, -0.25) is 10.1 Å². The highest BCUT2D eigenvalue weighted by atomic mass is 32.1. The van der Waals surface area contributed by atoms with E-state index in [0.717, 1.165) is 29.6 Å². The van der Waals surface area contributed by atoms with Crippen molar-refractivity contribution in [3.05, 3.63) is 34.4 Å². The Balaban J connectivity index is 1.62. The van der Waals surface area contributed by atoms with Gasteiger partial charge in [-0.15, -0.1) is 0 Å². The molecule has 0 spiro atoms. The molecule has 1 saturated heterocycles. The number of likely N-dealkylation sites (tertiary alicyclic amines) is 1. The normalized spacial score (nSPS) is 19.1. The molecule has 0 radical (unpaired) electrons. The van der Waals surface area contributed by atoms with Crippen LogP contribution >= 0.6 is 11.3 Å². The van der Waals surface area contributed by atoms with Gasteiger partial charge >= 0.3 is 5.00 Å². The number of benzene rings is 1. The van der Waals surface area contributed by atoms with Gasteiger partial charge in [-0.25, -0.2) is 0 Å². The van der Waals surface area contributed by atoms with E-state index in [1.165, 1.54) is 37.1 Å². The van der Waals surface area contributed by atoms with Gasteiger partial charge in [-0.05, 0) is 38.8 Å². The molecule has 0 saturated carbocycles. The fourth-order valence-electron chi connectivity index (χ4n) is 3.32. The van der Waals surface area contributed by atoms with Gasteiger partial charge in [0.15, 0.2) is 0 Å². The predicted octanol–water partition coefficient (Wildman–Crippen LogP) is 4.49. The van der Waals surface area contributed by atoms with Gasteiger partial charge in [0.2, 0.25) is 0 Å². The van der Waals surface area contributed by atoms with Crippen LogP contribution in [0.1, 0.15) is 32.6 Å². The molecule has 5 nitrogen and oxygen atoms in total. The minimum absolute atomic E-state index is 0.220. The SMILES string of the molecule is CC1CCCCN1CCCNc1c([N+](=O)[O-])sc2ccccc12. The second kappa shape index (κ2) is 7.27. The molecular weight excluding hydrogens is 310 g/mol. The summed E-state index contributed by atoms with van der Waals surface area (Å²) in [5.41, 5.74) is 0.683. The van der Waals surface area contributed by atoms with Crippen LogP contribution in [-0.2, 0) is 0 Å². The Morgan fingerprint density at radius 1 is 1.39 bits per heavy atom. The number of fused-ring (bicyclic) bond motifs is 1. The number of piperidine rings is 1. The number of nitro groups is 1. The summed E-state index contributed by atoms with van der Waals surface area (Å²) >= 11 is 1.25. The summed E-state index contributed by atoms with van der Waals surface area (Å²) in [6.45, 7) is 5.31. The number of hydrogen-bond acceptors (Lipinski definition) is 5. The summed E-state index contributed by atoms with van der Waals surface area (Å²) in [5.74, 6) is 0. The third-order valence-electron chi connectivity index (χ3n) is 4.61. The van der Waals surface area contributed by atoms with Gasteiger partial charge in [0.1, 0.15) is 5.69 Å². The molecule has 3 rings (SSSR count). The summed E-state index contributed by atoms with van der Waals surface area (Å²) in [4.78, 5) is 13.5.